The molecule has 3 rings (SSSR count). The van der Waals surface area contributed by atoms with E-state index in [9.17, 15) is 4.79 Å². The highest BCUT2D eigenvalue weighted by molar-refractivity contribution is 6.31. The molecule has 0 atom stereocenters. The molecule has 1 N–H and O–H groups in total. The Morgan fingerprint density at radius 2 is 2.04 bits per heavy atom. The van der Waals surface area contributed by atoms with Gasteiger partial charge in [-0.2, -0.15) is 0 Å². The minimum absolute atomic E-state index is 0.540. The Morgan fingerprint density at radius 1 is 1.26 bits per heavy atom. The third kappa shape index (κ3) is 3.09. The summed E-state index contributed by atoms with van der Waals surface area (Å²) < 4.78 is 1.76. The average Bonchev–Trinajstić information content (AvgIpc) is 2.85. The fourth-order valence-corrected chi connectivity index (χ4v) is 2.63. The molecular formula is C17H12Cl2N2O2. The zero-order valence-corrected chi connectivity index (χ0v) is 13.6. The number of rotatable bonds is 3. The summed E-state index contributed by atoms with van der Waals surface area (Å²) in [6.07, 6.45) is 4.30. The van der Waals surface area contributed by atoms with Crippen molar-refractivity contribution >= 4 is 40.9 Å². The van der Waals surface area contributed by atoms with Crippen molar-refractivity contribution in [3.8, 4) is 11.3 Å². The van der Waals surface area contributed by atoms with E-state index in [-0.39, 0.29) is 0 Å². The number of carboxylic acids is 1. The average molecular weight is 347 g/mol. The van der Waals surface area contributed by atoms with E-state index in [1.165, 1.54) is 6.08 Å². The summed E-state index contributed by atoms with van der Waals surface area (Å²) in [5.41, 5.74) is 3.78. The van der Waals surface area contributed by atoms with Gasteiger partial charge in [0.25, 0.3) is 0 Å². The SMILES string of the molecule is Cc1cc(-c2nc3ccc(Cl)cn3c2/C=C/C(=O)O)ccc1Cl. The van der Waals surface area contributed by atoms with Crippen molar-refractivity contribution in [2.45, 2.75) is 6.92 Å². The molecule has 0 aliphatic heterocycles. The second kappa shape index (κ2) is 6.07. The Hall–Kier alpha value is -2.30. The second-order valence-corrected chi connectivity index (χ2v) is 5.90. The molecule has 0 aliphatic rings. The summed E-state index contributed by atoms with van der Waals surface area (Å²) in [6.45, 7) is 1.91. The van der Waals surface area contributed by atoms with Crippen LogP contribution in [0.5, 0.6) is 0 Å². The van der Waals surface area contributed by atoms with Gasteiger partial charge in [-0.1, -0.05) is 29.3 Å². The number of imidazole rings is 1. The molecule has 0 saturated heterocycles. The molecule has 2 heterocycles. The van der Waals surface area contributed by atoms with Crippen LogP contribution in [0.3, 0.4) is 0 Å². The second-order valence-electron chi connectivity index (χ2n) is 5.06. The molecule has 0 unspecified atom stereocenters. The molecule has 2 aromatic heterocycles. The van der Waals surface area contributed by atoms with Gasteiger partial charge in [-0.05, 0) is 42.8 Å². The Kier molecular flexibility index (Phi) is 4.11. The lowest BCUT2D eigenvalue weighted by Gasteiger charge is -2.03. The number of nitrogens with zero attached hydrogens (tertiary/aromatic N) is 2. The molecule has 6 heteroatoms. The first-order valence-electron chi connectivity index (χ1n) is 6.81. The van der Waals surface area contributed by atoms with Crippen molar-refractivity contribution < 1.29 is 9.90 Å². The summed E-state index contributed by atoms with van der Waals surface area (Å²) in [4.78, 5) is 15.5. The monoisotopic (exact) mass is 346 g/mol. The summed E-state index contributed by atoms with van der Waals surface area (Å²) in [5.74, 6) is -1.03. The zero-order chi connectivity index (χ0) is 16.6. The number of pyridine rings is 1. The van der Waals surface area contributed by atoms with Gasteiger partial charge in [0.05, 0.1) is 16.4 Å². The molecule has 0 bridgehead atoms. The number of aromatic nitrogens is 2. The maximum atomic E-state index is 10.9. The molecule has 0 saturated carbocycles. The number of benzene rings is 1. The van der Waals surface area contributed by atoms with Crippen LogP contribution in [0.2, 0.25) is 10.0 Å². The van der Waals surface area contributed by atoms with Gasteiger partial charge in [-0.25, -0.2) is 9.78 Å². The van der Waals surface area contributed by atoms with Crippen LogP contribution in [0.25, 0.3) is 23.0 Å². The molecule has 116 valence electrons. The van der Waals surface area contributed by atoms with Gasteiger partial charge in [-0.3, -0.25) is 4.40 Å². The minimum Gasteiger partial charge on any atom is -0.478 e. The number of carbonyl (C=O) groups is 1. The van der Waals surface area contributed by atoms with Crippen LogP contribution in [0, 0.1) is 6.92 Å². The quantitative estimate of drug-likeness (QED) is 0.698. The Balaban J connectivity index is 2.28. The van der Waals surface area contributed by atoms with Crippen LogP contribution >= 0.6 is 23.2 Å². The van der Waals surface area contributed by atoms with E-state index in [0.29, 0.717) is 27.1 Å². The van der Waals surface area contributed by atoms with E-state index >= 15 is 0 Å². The largest absolute Gasteiger partial charge is 0.478 e. The minimum atomic E-state index is -1.03. The van der Waals surface area contributed by atoms with E-state index < -0.39 is 5.97 Å². The normalized spacial score (nSPS) is 11.4. The van der Waals surface area contributed by atoms with Crippen molar-refractivity contribution in [3.63, 3.8) is 0 Å². The molecule has 0 spiro atoms. The maximum Gasteiger partial charge on any atom is 0.328 e. The lowest BCUT2D eigenvalue weighted by atomic mass is 10.1. The van der Waals surface area contributed by atoms with Crippen molar-refractivity contribution in [1.29, 1.82) is 0 Å². The number of aliphatic carboxylic acids is 1. The van der Waals surface area contributed by atoms with Gasteiger partial charge in [0.15, 0.2) is 0 Å². The molecule has 0 radical (unpaired) electrons. The highest BCUT2D eigenvalue weighted by Gasteiger charge is 2.13. The van der Waals surface area contributed by atoms with Crippen LogP contribution in [0.1, 0.15) is 11.3 Å². The van der Waals surface area contributed by atoms with E-state index in [2.05, 4.69) is 4.98 Å². The fraction of sp³-hybridized carbons (Fsp3) is 0.0588. The summed E-state index contributed by atoms with van der Waals surface area (Å²) in [6, 6.07) is 9.10. The number of halogens is 2. The number of aryl methyl sites for hydroxylation is 1. The molecule has 0 fully saturated rings. The molecule has 3 aromatic rings. The summed E-state index contributed by atoms with van der Waals surface area (Å²) in [7, 11) is 0. The van der Waals surface area contributed by atoms with E-state index in [1.807, 2.05) is 19.1 Å². The standard InChI is InChI=1S/C17H12Cl2N2O2/c1-10-8-11(2-4-13(10)19)17-14(5-7-16(22)23)21-9-12(18)3-6-15(21)20-17/h2-9H,1H3,(H,22,23)/b7-5+. The number of carboxylic acid groups (broad SMARTS) is 1. The van der Waals surface area contributed by atoms with E-state index in [0.717, 1.165) is 17.2 Å². The lowest BCUT2D eigenvalue weighted by molar-refractivity contribution is -0.131. The van der Waals surface area contributed by atoms with Crippen molar-refractivity contribution in [3.05, 3.63) is 63.9 Å². The van der Waals surface area contributed by atoms with Gasteiger partial charge >= 0.3 is 5.97 Å². The fourth-order valence-electron chi connectivity index (χ4n) is 2.35. The van der Waals surface area contributed by atoms with Gasteiger partial charge < -0.3 is 5.11 Å². The van der Waals surface area contributed by atoms with Crippen LogP contribution in [-0.2, 0) is 4.79 Å². The highest BCUT2D eigenvalue weighted by Crippen LogP contribution is 2.29. The first-order valence-corrected chi connectivity index (χ1v) is 7.56. The van der Waals surface area contributed by atoms with Crippen LogP contribution in [0.15, 0.2) is 42.6 Å². The van der Waals surface area contributed by atoms with E-state index in [4.69, 9.17) is 28.3 Å². The maximum absolute atomic E-state index is 10.9. The predicted molar refractivity (Wildman–Crippen MR) is 92.1 cm³/mol. The predicted octanol–water partition coefficient (Wildman–Crippen LogP) is 4.71. The molecule has 0 amide bonds. The molecule has 23 heavy (non-hydrogen) atoms. The molecule has 4 nitrogen and oxygen atoms in total. The van der Waals surface area contributed by atoms with Crippen molar-refractivity contribution in [1.82, 2.24) is 9.38 Å². The molecule has 1 aromatic carbocycles. The Morgan fingerprint density at radius 3 is 2.74 bits per heavy atom. The van der Waals surface area contributed by atoms with Gasteiger partial charge in [0, 0.05) is 22.9 Å². The lowest BCUT2D eigenvalue weighted by Crippen LogP contribution is -1.91. The summed E-state index contributed by atoms with van der Waals surface area (Å²) >= 11 is 12.1. The molecule has 0 aliphatic carbocycles. The third-order valence-electron chi connectivity index (χ3n) is 3.43. The van der Waals surface area contributed by atoms with Gasteiger partial charge in [0.2, 0.25) is 0 Å². The summed E-state index contributed by atoms with van der Waals surface area (Å²) in [5, 5.41) is 10.1. The van der Waals surface area contributed by atoms with Crippen molar-refractivity contribution in [2.75, 3.05) is 0 Å². The van der Waals surface area contributed by atoms with Gasteiger partial charge in [0.1, 0.15) is 5.65 Å². The number of hydrogen-bond donors (Lipinski definition) is 1. The van der Waals surface area contributed by atoms with Crippen LogP contribution < -0.4 is 0 Å². The van der Waals surface area contributed by atoms with Crippen LogP contribution in [0.4, 0.5) is 0 Å². The topological polar surface area (TPSA) is 54.6 Å². The first-order chi connectivity index (χ1) is 11.0. The zero-order valence-electron chi connectivity index (χ0n) is 12.1. The Bertz CT molecular complexity index is 945. The Labute approximate surface area is 142 Å². The van der Waals surface area contributed by atoms with E-state index in [1.54, 1.807) is 28.8 Å². The third-order valence-corrected chi connectivity index (χ3v) is 4.08. The number of hydrogen-bond acceptors (Lipinski definition) is 2. The molecular weight excluding hydrogens is 335 g/mol. The van der Waals surface area contributed by atoms with Crippen molar-refractivity contribution in [2.24, 2.45) is 0 Å². The van der Waals surface area contributed by atoms with Gasteiger partial charge in [-0.15, -0.1) is 0 Å². The highest BCUT2D eigenvalue weighted by atomic mass is 35.5. The van der Waals surface area contributed by atoms with Crippen LogP contribution in [-0.4, -0.2) is 20.5 Å². The number of fused-ring (bicyclic) bond motifs is 1. The smallest absolute Gasteiger partial charge is 0.328 e. The first kappa shape index (κ1) is 15.6.